The molecular formula is C3N2O3. The third kappa shape index (κ3) is 2.49. The fraction of sp³-hybridized carbons (Fsp3) is 0. The maximum absolute atomic E-state index is 9.71. The Labute approximate surface area is 44.6 Å². The van der Waals surface area contributed by atoms with Gasteiger partial charge in [0.25, 0.3) is 0 Å². The molecule has 0 bridgehead atoms. The van der Waals surface area contributed by atoms with Crippen LogP contribution in [0.2, 0.25) is 0 Å². The average molecular weight is 112 g/mol. The van der Waals surface area contributed by atoms with Gasteiger partial charge in [-0.3, -0.25) is 0 Å². The van der Waals surface area contributed by atoms with Gasteiger partial charge in [0.1, 0.15) is 0 Å². The van der Waals surface area contributed by atoms with Gasteiger partial charge in [0, 0.05) is 0 Å². The Hall–Kier alpha value is -1.75. The SMILES string of the molecule is N#COOC(=O)C#N. The van der Waals surface area contributed by atoms with Gasteiger partial charge in [-0.1, -0.05) is 0 Å². The summed E-state index contributed by atoms with van der Waals surface area (Å²) >= 11 is 0. The molecule has 0 atom stereocenters. The van der Waals surface area contributed by atoms with Gasteiger partial charge >= 0.3 is 12.2 Å². The summed E-state index contributed by atoms with van der Waals surface area (Å²) in [5, 5.41) is 15.2. The first-order valence-corrected chi connectivity index (χ1v) is 1.48. The molecular weight excluding hydrogens is 112 g/mol. The first kappa shape index (κ1) is 6.25. The van der Waals surface area contributed by atoms with Crippen LogP contribution in [0.25, 0.3) is 0 Å². The van der Waals surface area contributed by atoms with E-state index in [1.54, 1.807) is 0 Å². The van der Waals surface area contributed by atoms with Crippen LogP contribution < -0.4 is 0 Å². The predicted octanol–water partition coefficient (Wildman–Crippen LogP) is -0.534. The molecule has 8 heavy (non-hydrogen) atoms. The second-order valence-electron chi connectivity index (χ2n) is 0.657. The normalized spacial score (nSPS) is 5.75. The number of carbonyl (C=O) groups excluding carboxylic acids is 1. The van der Waals surface area contributed by atoms with Gasteiger partial charge in [0.2, 0.25) is 0 Å². The number of hydrogen-bond acceptors (Lipinski definition) is 5. The zero-order chi connectivity index (χ0) is 6.41. The minimum absolute atomic E-state index is 1.04. The molecule has 0 fully saturated rings. The van der Waals surface area contributed by atoms with E-state index in [2.05, 4.69) is 9.78 Å². The van der Waals surface area contributed by atoms with Crippen molar-refractivity contribution < 1.29 is 14.6 Å². The van der Waals surface area contributed by atoms with Gasteiger partial charge in [-0.05, 0) is 0 Å². The van der Waals surface area contributed by atoms with Crippen LogP contribution in [0.15, 0.2) is 0 Å². The lowest BCUT2D eigenvalue weighted by atomic mass is 10.8. The van der Waals surface area contributed by atoms with Crippen LogP contribution in [0.4, 0.5) is 0 Å². The predicted molar refractivity (Wildman–Crippen MR) is 18.4 cm³/mol. The van der Waals surface area contributed by atoms with E-state index in [4.69, 9.17) is 10.5 Å². The first-order valence-electron chi connectivity index (χ1n) is 1.48. The van der Waals surface area contributed by atoms with E-state index in [1.807, 2.05) is 0 Å². The molecule has 0 amide bonds. The molecule has 0 N–H and O–H groups in total. The van der Waals surface area contributed by atoms with Crippen LogP contribution in [0.1, 0.15) is 0 Å². The molecule has 0 spiro atoms. The van der Waals surface area contributed by atoms with E-state index in [-0.39, 0.29) is 0 Å². The van der Waals surface area contributed by atoms with Crippen molar-refractivity contribution in [1.29, 1.82) is 10.5 Å². The van der Waals surface area contributed by atoms with Crippen LogP contribution in [0.3, 0.4) is 0 Å². The summed E-state index contributed by atoms with van der Waals surface area (Å²) in [5.41, 5.74) is 0. The van der Waals surface area contributed by atoms with Crippen molar-refractivity contribution in [1.82, 2.24) is 0 Å². The highest BCUT2D eigenvalue weighted by Crippen LogP contribution is 1.73. The fourth-order valence-corrected chi connectivity index (χ4v) is 0.0751. The van der Waals surface area contributed by atoms with Gasteiger partial charge in [0.15, 0.2) is 6.07 Å². The molecule has 0 rings (SSSR count). The molecule has 0 saturated carbocycles. The summed E-state index contributed by atoms with van der Waals surface area (Å²) in [5.74, 6) is -1.24. The van der Waals surface area contributed by atoms with E-state index in [9.17, 15) is 4.79 Å². The Morgan fingerprint density at radius 1 is 1.50 bits per heavy atom. The number of nitrogens with zero attached hydrogens (tertiary/aromatic N) is 2. The van der Waals surface area contributed by atoms with Crippen LogP contribution >= 0.6 is 0 Å². The maximum atomic E-state index is 9.71. The number of rotatable bonds is 1. The first-order chi connectivity index (χ1) is 3.81. The molecule has 0 aliphatic rings. The molecule has 5 nitrogen and oxygen atoms in total. The molecule has 0 aromatic rings. The van der Waals surface area contributed by atoms with Crippen LogP contribution in [0, 0.1) is 22.8 Å². The molecule has 0 radical (unpaired) electrons. The number of nitriles is 2. The Balaban J connectivity index is 3.33. The third-order valence-electron chi connectivity index (χ3n) is 0.246. The lowest BCUT2D eigenvalue weighted by Crippen LogP contribution is -1.97. The van der Waals surface area contributed by atoms with Crippen molar-refractivity contribution in [3.8, 4) is 12.3 Å². The Morgan fingerprint density at radius 3 is 2.50 bits per heavy atom. The van der Waals surface area contributed by atoms with Crippen LogP contribution in [-0.4, -0.2) is 5.97 Å². The molecule has 0 aliphatic carbocycles. The summed E-state index contributed by atoms with van der Waals surface area (Å²) in [7, 11) is 0. The van der Waals surface area contributed by atoms with Crippen molar-refractivity contribution in [2.45, 2.75) is 0 Å². The zero-order valence-electron chi connectivity index (χ0n) is 3.62. The summed E-state index contributed by atoms with van der Waals surface area (Å²) in [6.45, 7) is 0. The molecule has 0 aliphatic heterocycles. The third-order valence-corrected chi connectivity index (χ3v) is 0.246. The van der Waals surface area contributed by atoms with E-state index in [0.717, 1.165) is 12.3 Å². The average Bonchev–Trinajstić information content (AvgIpc) is 1.83. The van der Waals surface area contributed by atoms with Crippen LogP contribution in [0.5, 0.6) is 0 Å². The van der Waals surface area contributed by atoms with Crippen molar-refractivity contribution >= 4 is 5.97 Å². The summed E-state index contributed by atoms with van der Waals surface area (Å²) in [6.07, 6.45) is 1.04. The minimum atomic E-state index is -1.24. The van der Waals surface area contributed by atoms with Gasteiger partial charge < -0.3 is 0 Å². The Morgan fingerprint density at radius 2 is 2.12 bits per heavy atom. The Bertz CT molecular complexity index is 162. The molecule has 0 unspecified atom stereocenters. The van der Waals surface area contributed by atoms with Gasteiger partial charge in [-0.25, -0.2) is 14.6 Å². The second-order valence-corrected chi connectivity index (χ2v) is 0.657. The van der Waals surface area contributed by atoms with Crippen LogP contribution in [-0.2, 0) is 14.6 Å². The molecule has 40 valence electrons. The number of carbonyl (C=O) groups is 1. The quantitative estimate of drug-likeness (QED) is 0.197. The van der Waals surface area contributed by atoms with E-state index in [1.165, 1.54) is 0 Å². The smallest absolute Gasteiger partial charge is 0.229 e. The summed E-state index contributed by atoms with van der Waals surface area (Å²) < 4.78 is 0. The molecule has 0 aromatic carbocycles. The van der Waals surface area contributed by atoms with Crippen molar-refractivity contribution in [3.05, 3.63) is 0 Å². The van der Waals surface area contributed by atoms with Crippen molar-refractivity contribution in [2.24, 2.45) is 0 Å². The van der Waals surface area contributed by atoms with Gasteiger partial charge in [-0.15, -0.1) is 5.26 Å². The number of hydrogen-bond donors (Lipinski definition) is 0. The summed E-state index contributed by atoms with van der Waals surface area (Å²) in [6, 6.07) is 1.06. The van der Waals surface area contributed by atoms with E-state index in [0.29, 0.717) is 0 Å². The Kier molecular flexibility index (Phi) is 2.69. The van der Waals surface area contributed by atoms with E-state index >= 15 is 0 Å². The highest BCUT2D eigenvalue weighted by molar-refractivity contribution is 5.85. The standard InChI is InChI=1S/C3N2O3/c4-1-3(6)8-7-2-5. The monoisotopic (exact) mass is 112 g/mol. The van der Waals surface area contributed by atoms with Crippen molar-refractivity contribution in [2.75, 3.05) is 0 Å². The maximum Gasteiger partial charge on any atom is 0.456 e. The highest BCUT2D eigenvalue weighted by atomic mass is 17.2. The minimum Gasteiger partial charge on any atom is -0.229 e. The molecule has 0 heterocycles. The van der Waals surface area contributed by atoms with Gasteiger partial charge in [-0.2, -0.15) is 5.26 Å². The molecule has 0 aromatic heterocycles. The van der Waals surface area contributed by atoms with Crippen molar-refractivity contribution in [3.63, 3.8) is 0 Å². The topological polar surface area (TPSA) is 83.1 Å². The highest BCUT2D eigenvalue weighted by Gasteiger charge is 1.97. The molecule has 5 heteroatoms. The van der Waals surface area contributed by atoms with Gasteiger partial charge in [0.05, 0.1) is 0 Å². The zero-order valence-corrected chi connectivity index (χ0v) is 3.62. The lowest BCUT2D eigenvalue weighted by Gasteiger charge is -1.82. The summed E-state index contributed by atoms with van der Waals surface area (Å²) in [4.78, 5) is 16.6. The fourth-order valence-electron chi connectivity index (χ4n) is 0.0751. The second kappa shape index (κ2) is 3.44. The largest absolute Gasteiger partial charge is 0.456 e. The molecule has 0 saturated heterocycles. The lowest BCUT2D eigenvalue weighted by molar-refractivity contribution is -0.224. The van der Waals surface area contributed by atoms with E-state index < -0.39 is 5.97 Å².